The number of nitrogens with two attached hydrogens (primary N) is 1. The Balaban J connectivity index is 2.18. The number of carbonyl (C=O) groups is 2. The van der Waals surface area contributed by atoms with Gasteiger partial charge in [0.05, 0.1) is 6.26 Å². The Morgan fingerprint density at radius 3 is 2.67 bits per heavy atom. The Morgan fingerprint density at radius 2 is 2.11 bits per heavy atom. The lowest BCUT2D eigenvalue weighted by molar-refractivity contribution is -0.121. The second-order valence-electron chi connectivity index (χ2n) is 4.75. The van der Waals surface area contributed by atoms with E-state index in [0.717, 1.165) is 0 Å². The molecule has 4 N–H and O–H groups in total. The van der Waals surface area contributed by atoms with Crippen LogP contribution in [0.3, 0.4) is 0 Å². The Morgan fingerprint density at radius 1 is 1.39 bits per heavy atom. The van der Waals surface area contributed by atoms with Gasteiger partial charge in [-0.25, -0.2) is 0 Å². The summed E-state index contributed by atoms with van der Waals surface area (Å²) < 4.78 is 4.92. The van der Waals surface area contributed by atoms with Gasteiger partial charge < -0.3 is 20.8 Å². The van der Waals surface area contributed by atoms with Gasteiger partial charge in [0.1, 0.15) is 0 Å². The van der Waals surface area contributed by atoms with E-state index in [0.29, 0.717) is 6.54 Å². The first-order chi connectivity index (χ1) is 8.38. The highest BCUT2D eigenvalue weighted by Crippen LogP contribution is 1.99. The average Bonchev–Trinajstić information content (AvgIpc) is 2.78. The van der Waals surface area contributed by atoms with Crippen molar-refractivity contribution in [3.63, 3.8) is 0 Å². The number of nitrogens with one attached hydrogen (secondary N) is 2. The molecule has 0 aliphatic carbocycles. The zero-order valence-corrected chi connectivity index (χ0v) is 10.7. The minimum atomic E-state index is -0.437. The van der Waals surface area contributed by atoms with Gasteiger partial charge in [0.15, 0.2) is 5.76 Å². The maximum atomic E-state index is 11.4. The van der Waals surface area contributed by atoms with Crippen molar-refractivity contribution < 1.29 is 14.0 Å². The second kappa shape index (κ2) is 6.20. The summed E-state index contributed by atoms with van der Waals surface area (Å²) in [5.74, 6) is -0.237. The third kappa shape index (κ3) is 5.49. The standard InChI is InChI=1S/C12H19N3O3/c1-12(2,13)8-15-10(16)5-6-14-11(17)9-4-3-7-18-9/h3-4,7H,5-6,8,13H2,1-2H3,(H,14,17)(H,15,16). The maximum Gasteiger partial charge on any atom is 0.286 e. The van der Waals surface area contributed by atoms with E-state index in [-0.39, 0.29) is 30.5 Å². The fourth-order valence-corrected chi connectivity index (χ4v) is 1.20. The summed E-state index contributed by atoms with van der Waals surface area (Å²) in [6, 6.07) is 3.19. The molecule has 18 heavy (non-hydrogen) atoms. The quantitative estimate of drug-likeness (QED) is 0.677. The Labute approximate surface area is 106 Å². The van der Waals surface area contributed by atoms with Crippen molar-refractivity contribution in [2.75, 3.05) is 13.1 Å². The molecule has 100 valence electrons. The molecule has 0 saturated carbocycles. The lowest BCUT2D eigenvalue weighted by Crippen LogP contribution is -2.45. The van der Waals surface area contributed by atoms with Crippen molar-refractivity contribution in [3.8, 4) is 0 Å². The Hall–Kier alpha value is -1.82. The van der Waals surface area contributed by atoms with E-state index >= 15 is 0 Å². The van der Waals surface area contributed by atoms with Gasteiger partial charge in [-0.3, -0.25) is 9.59 Å². The van der Waals surface area contributed by atoms with Crippen LogP contribution in [-0.2, 0) is 4.79 Å². The summed E-state index contributed by atoms with van der Waals surface area (Å²) in [5, 5.41) is 5.28. The van der Waals surface area contributed by atoms with Crippen LogP contribution in [-0.4, -0.2) is 30.4 Å². The van der Waals surface area contributed by atoms with E-state index in [9.17, 15) is 9.59 Å². The topological polar surface area (TPSA) is 97.4 Å². The van der Waals surface area contributed by atoms with Crippen molar-refractivity contribution in [3.05, 3.63) is 24.2 Å². The fourth-order valence-electron chi connectivity index (χ4n) is 1.20. The van der Waals surface area contributed by atoms with Crippen molar-refractivity contribution in [2.24, 2.45) is 5.73 Å². The van der Waals surface area contributed by atoms with Gasteiger partial charge in [0.25, 0.3) is 5.91 Å². The van der Waals surface area contributed by atoms with Crippen LogP contribution in [0, 0.1) is 0 Å². The summed E-state index contributed by atoms with van der Waals surface area (Å²) in [4.78, 5) is 22.9. The molecule has 6 nitrogen and oxygen atoms in total. The summed E-state index contributed by atoms with van der Waals surface area (Å²) in [6.07, 6.45) is 1.63. The van der Waals surface area contributed by atoms with Gasteiger partial charge in [0.2, 0.25) is 5.91 Å². The molecule has 1 heterocycles. The van der Waals surface area contributed by atoms with Crippen LogP contribution in [0.4, 0.5) is 0 Å². The Kier molecular flexibility index (Phi) is 4.91. The smallest absolute Gasteiger partial charge is 0.286 e. The largest absolute Gasteiger partial charge is 0.459 e. The molecule has 0 bridgehead atoms. The second-order valence-corrected chi connectivity index (χ2v) is 4.75. The summed E-state index contributed by atoms with van der Waals surface area (Å²) in [6.45, 7) is 4.31. The van der Waals surface area contributed by atoms with Crippen molar-refractivity contribution in [2.45, 2.75) is 25.8 Å². The number of amides is 2. The van der Waals surface area contributed by atoms with Crippen LogP contribution in [0.2, 0.25) is 0 Å². The highest BCUT2D eigenvalue weighted by molar-refractivity contribution is 5.91. The predicted molar refractivity (Wildman–Crippen MR) is 66.9 cm³/mol. The molecular weight excluding hydrogens is 234 g/mol. The molecule has 0 aromatic carbocycles. The number of carbonyl (C=O) groups excluding carboxylic acids is 2. The van der Waals surface area contributed by atoms with E-state index in [4.69, 9.17) is 10.2 Å². The number of hydrogen-bond donors (Lipinski definition) is 3. The first-order valence-electron chi connectivity index (χ1n) is 5.76. The van der Waals surface area contributed by atoms with Crippen LogP contribution in [0.5, 0.6) is 0 Å². The molecule has 0 saturated heterocycles. The molecule has 1 rings (SSSR count). The third-order valence-corrected chi connectivity index (χ3v) is 2.12. The number of hydrogen-bond acceptors (Lipinski definition) is 4. The van der Waals surface area contributed by atoms with Crippen LogP contribution < -0.4 is 16.4 Å². The maximum absolute atomic E-state index is 11.4. The number of furan rings is 1. The average molecular weight is 253 g/mol. The minimum Gasteiger partial charge on any atom is -0.459 e. The lowest BCUT2D eigenvalue weighted by Gasteiger charge is -2.18. The molecule has 0 fully saturated rings. The lowest BCUT2D eigenvalue weighted by atomic mass is 10.1. The van der Waals surface area contributed by atoms with Gasteiger partial charge in [0, 0.05) is 25.0 Å². The predicted octanol–water partition coefficient (Wildman–Crippen LogP) is 0.253. The van der Waals surface area contributed by atoms with Gasteiger partial charge in [-0.05, 0) is 26.0 Å². The van der Waals surface area contributed by atoms with Crippen molar-refractivity contribution in [1.82, 2.24) is 10.6 Å². The molecule has 1 aromatic rings. The van der Waals surface area contributed by atoms with E-state index < -0.39 is 5.54 Å². The van der Waals surface area contributed by atoms with Crippen molar-refractivity contribution >= 4 is 11.8 Å². The minimum absolute atomic E-state index is 0.145. The zero-order chi connectivity index (χ0) is 13.6. The molecular formula is C12H19N3O3. The van der Waals surface area contributed by atoms with Gasteiger partial charge in [-0.15, -0.1) is 0 Å². The SMILES string of the molecule is CC(C)(N)CNC(=O)CCNC(=O)c1ccco1. The normalized spacial score (nSPS) is 11.1. The van der Waals surface area contributed by atoms with Crippen LogP contribution in [0.1, 0.15) is 30.8 Å². The number of rotatable bonds is 6. The molecule has 1 aromatic heterocycles. The zero-order valence-electron chi connectivity index (χ0n) is 10.7. The third-order valence-electron chi connectivity index (χ3n) is 2.12. The van der Waals surface area contributed by atoms with E-state index in [1.807, 2.05) is 13.8 Å². The van der Waals surface area contributed by atoms with Crippen LogP contribution >= 0.6 is 0 Å². The first-order valence-corrected chi connectivity index (χ1v) is 5.76. The van der Waals surface area contributed by atoms with Crippen molar-refractivity contribution in [1.29, 1.82) is 0 Å². The molecule has 0 unspecified atom stereocenters. The summed E-state index contributed by atoms with van der Waals surface area (Å²) >= 11 is 0. The van der Waals surface area contributed by atoms with Gasteiger partial charge in [-0.1, -0.05) is 0 Å². The molecule has 6 heteroatoms. The molecule has 0 atom stereocenters. The van der Waals surface area contributed by atoms with E-state index in [2.05, 4.69) is 10.6 Å². The molecule has 0 spiro atoms. The molecule has 0 aliphatic rings. The molecule has 2 amide bonds. The van der Waals surface area contributed by atoms with Crippen LogP contribution in [0.15, 0.2) is 22.8 Å². The highest BCUT2D eigenvalue weighted by atomic mass is 16.3. The van der Waals surface area contributed by atoms with Gasteiger partial charge in [-0.2, -0.15) is 0 Å². The Bertz CT molecular complexity index is 393. The van der Waals surface area contributed by atoms with E-state index in [1.54, 1.807) is 12.1 Å². The highest BCUT2D eigenvalue weighted by Gasteiger charge is 2.12. The summed E-state index contributed by atoms with van der Waals surface area (Å²) in [7, 11) is 0. The fraction of sp³-hybridized carbons (Fsp3) is 0.500. The monoisotopic (exact) mass is 253 g/mol. The summed E-state index contributed by atoms with van der Waals surface area (Å²) in [5.41, 5.74) is 5.29. The molecule has 0 aliphatic heterocycles. The first kappa shape index (κ1) is 14.2. The van der Waals surface area contributed by atoms with E-state index in [1.165, 1.54) is 6.26 Å². The van der Waals surface area contributed by atoms with Gasteiger partial charge >= 0.3 is 0 Å². The van der Waals surface area contributed by atoms with Crippen LogP contribution in [0.25, 0.3) is 0 Å². The molecule has 0 radical (unpaired) electrons.